The highest BCUT2D eigenvalue weighted by Gasteiger charge is 2.45. The second kappa shape index (κ2) is 8.44. The van der Waals surface area contributed by atoms with Gasteiger partial charge in [-0.3, -0.25) is 10.1 Å². The molecule has 1 aliphatic heterocycles. The molecule has 2 aliphatic rings. The van der Waals surface area contributed by atoms with Gasteiger partial charge in [-0.05, 0) is 60.3 Å². The Balaban J connectivity index is 1.43. The van der Waals surface area contributed by atoms with Crippen LogP contribution in [0.4, 0.5) is 0 Å². The average molecular weight is 423 g/mol. The van der Waals surface area contributed by atoms with Crippen LogP contribution >= 0.6 is 0 Å². The highest BCUT2D eigenvalue weighted by Crippen LogP contribution is 2.50. The SMILES string of the molecule is COC1(C(=O)O)NCCc2cc(C3CC3Cc3ccc([C@H](C)NC(C)=O)cc3)ccc21. The van der Waals surface area contributed by atoms with Crippen LogP contribution in [0.1, 0.15) is 60.0 Å². The largest absolute Gasteiger partial charge is 0.478 e. The van der Waals surface area contributed by atoms with Crippen molar-refractivity contribution in [2.45, 2.75) is 50.8 Å². The van der Waals surface area contributed by atoms with E-state index in [2.05, 4.69) is 47.0 Å². The van der Waals surface area contributed by atoms with Crippen molar-refractivity contribution >= 4 is 11.9 Å². The molecular weight excluding hydrogens is 392 g/mol. The summed E-state index contributed by atoms with van der Waals surface area (Å²) in [7, 11) is 1.43. The van der Waals surface area contributed by atoms with Crippen molar-refractivity contribution in [3.8, 4) is 0 Å². The summed E-state index contributed by atoms with van der Waals surface area (Å²) in [5.41, 5.74) is 4.01. The standard InChI is InChI=1S/C25H30N2O4/c1-15(27-16(2)28)18-6-4-17(5-7-18)12-21-14-22(21)19-8-9-23-20(13-19)10-11-26-25(23,31-3)24(29)30/h4-9,13,15,21-22,26H,10-12,14H2,1-3H3,(H,27,28)(H,29,30)/t15-,21?,22?,25?/m0/s1. The zero-order chi connectivity index (χ0) is 22.2. The topological polar surface area (TPSA) is 87.7 Å². The van der Waals surface area contributed by atoms with Crippen molar-refractivity contribution in [1.82, 2.24) is 10.6 Å². The van der Waals surface area contributed by atoms with E-state index < -0.39 is 11.7 Å². The second-order valence-corrected chi connectivity index (χ2v) is 8.75. The number of aliphatic carboxylic acids is 1. The molecule has 6 nitrogen and oxygen atoms in total. The minimum atomic E-state index is -1.45. The molecule has 1 aliphatic carbocycles. The number of rotatable bonds is 7. The molecule has 1 heterocycles. The molecule has 0 saturated heterocycles. The summed E-state index contributed by atoms with van der Waals surface area (Å²) < 4.78 is 5.40. The van der Waals surface area contributed by atoms with Gasteiger partial charge in [-0.25, -0.2) is 4.79 Å². The van der Waals surface area contributed by atoms with E-state index in [1.807, 2.05) is 13.0 Å². The quantitative estimate of drug-likeness (QED) is 0.638. The maximum Gasteiger partial charge on any atom is 0.356 e. The summed E-state index contributed by atoms with van der Waals surface area (Å²) in [5, 5.41) is 15.7. The Hall–Kier alpha value is -2.70. The highest BCUT2D eigenvalue weighted by atomic mass is 16.5. The Kier molecular flexibility index (Phi) is 5.86. The van der Waals surface area contributed by atoms with E-state index in [1.54, 1.807) is 0 Å². The third-order valence-corrected chi connectivity index (χ3v) is 6.63. The Labute approximate surface area is 183 Å². The van der Waals surface area contributed by atoms with Crippen LogP contribution in [0.5, 0.6) is 0 Å². The molecule has 4 atom stereocenters. The predicted molar refractivity (Wildman–Crippen MR) is 118 cm³/mol. The van der Waals surface area contributed by atoms with Crippen LogP contribution in [0.25, 0.3) is 0 Å². The lowest BCUT2D eigenvalue weighted by atomic mass is 9.88. The molecule has 3 N–H and O–H groups in total. The van der Waals surface area contributed by atoms with Gasteiger partial charge in [-0.2, -0.15) is 0 Å². The van der Waals surface area contributed by atoms with Crippen molar-refractivity contribution in [1.29, 1.82) is 0 Å². The van der Waals surface area contributed by atoms with Crippen LogP contribution in [-0.2, 0) is 32.9 Å². The molecule has 2 aromatic rings. The van der Waals surface area contributed by atoms with E-state index in [0.717, 1.165) is 30.4 Å². The van der Waals surface area contributed by atoms with E-state index in [-0.39, 0.29) is 11.9 Å². The molecule has 1 amide bonds. The lowest BCUT2D eigenvalue weighted by molar-refractivity contribution is -0.169. The van der Waals surface area contributed by atoms with E-state index in [4.69, 9.17) is 4.74 Å². The van der Waals surface area contributed by atoms with Crippen molar-refractivity contribution in [3.05, 3.63) is 70.3 Å². The zero-order valence-electron chi connectivity index (χ0n) is 18.3. The number of fused-ring (bicyclic) bond motifs is 1. The lowest BCUT2D eigenvalue weighted by Crippen LogP contribution is -2.54. The molecule has 1 fully saturated rings. The molecule has 6 heteroatoms. The Bertz CT molecular complexity index is 988. The molecule has 164 valence electrons. The molecule has 0 spiro atoms. The first-order valence-electron chi connectivity index (χ1n) is 10.9. The molecule has 4 rings (SSSR count). The van der Waals surface area contributed by atoms with Gasteiger partial charge in [-0.15, -0.1) is 0 Å². The summed E-state index contributed by atoms with van der Waals surface area (Å²) in [6, 6.07) is 14.7. The number of benzene rings is 2. The van der Waals surface area contributed by atoms with Gasteiger partial charge in [-0.1, -0.05) is 42.5 Å². The van der Waals surface area contributed by atoms with E-state index in [0.29, 0.717) is 23.9 Å². The number of hydrogen-bond acceptors (Lipinski definition) is 4. The Morgan fingerprint density at radius 1 is 1.26 bits per heavy atom. The Morgan fingerprint density at radius 3 is 2.65 bits per heavy atom. The molecule has 31 heavy (non-hydrogen) atoms. The van der Waals surface area contributed by atoms with Crippen molar-refractivity contribution in [2.24, 2.45) is 5.92 Å². The van der Waals surface area contributed by atoms with Gasteiger partial charge in [0.15, 0.2) is 0 Å². The highest BCUT2D eigenvalue weighted by molar-refractivity contribution is 5.80. The van der Waals surface area contributed by atoms with Gasteiger partial charge in [0.2, 0.25) is 11.6 Å². The first-order chi connectivity index (χ1) is 14.8. The number of ether oxygens (including phenoxy) is 1. The molecule has 0 aromatic heterocycles. The summed E-state index contributed by atoms with van der Waals surface area (Å²) in [6.07, 6.45) is 2.97. The zero-order valence-corrected chi connectivity index (χ0v) is 18.3. The van der Waals surface area contributed by atoms with Crippen molar-refractivity contribution < 1.29 is 19.4 Å². The maximum atomic E-state index is 11.9. The normalized spacial score (nSPS) is 25.4. The molecule has 1 saturated carbocycles. The number of carbonyl (C=O) groups is 2. The molecule has 3 unspecified atom stereocenters. The molecular formula is C25H30N2O4. The van der Waals surface area contributed by atoms with Crippen molar-refractivity contribution in [3.63, 3.8) is 0 Å². The number of amides is 1. The number of nitrogens with one attached hydrogen (secondary N) is 2. The fourth-order valence-electron chi connectivity index (χ4n) is 4.84. The van der Waals surface area contributed by atoms with Gasteiger partial charge >= 0.3 is 5.97 Å². The minimum Gasteiger partial charge on any atom is -0.478 e. The number of methoxy groups -OCH3 is 1. The first kappa shape index (κ1) is 21.5. The second-order valence-electron chi connectivity index (χ2n) is 8.75. The number of hydrogen-bond donors (Lipinski definition) is 3. The number of carboxylic acid groups (broad SMARTS) is 1. The minimum absolute atomic E-state index is 0.00947. The smallest absolute Gasteiger partial charge is 0.356 e. The van der Waals surface area contributed by atoms with Gasteiger partial charge in [0.05, 0.1) is 6.04 Å². The average Bonchev–Trinajstić information content (AvgIpc) is 3.51. The van der Waals surface area contributed by atoms with Gasteiger partial charge in [0.25, 0.3) is 0 Å². The van der Waals surface area contributed by atoms with Crippen molar-refractivity contribution in [2.75, 3.05) is 13.7 Å². The number of carbonyl (C=O) groups excluding carboxylic acids is 1. The van der Waals surface area contributed by atoms with E-state index in [1.165, 1.54) is 25.2 Å². The fraction of sp³-hybridized carbons (Fsp3) is 0.440. The predicted octanol–water partition coefficient (Wildman–Crippen LogP) is 3.26. The van der Waals surface area contributed by atoms with Gasteiger partial charge < -0.3 is 15.2 Å². The lowest BCUT2D eigenvalue weighted by Gasteiger charge is -2.35. The van der Waals surface area contributed by atoms with Crippen LogP contribution in [0.3, 0.4) is 0 Å². The van der Waals surface area contributed by atoms with Gasteiger partial charge in [0.1, 0.15) is 0 Å². The Morgan fingerprint density at radius 2 is 2.00 bits per heavy atom. The van der Waals surface area contributed by atoms with Crippen LogP contribution in [0.2, 0.25) is 0 Å². The number of carboxylic acids is 1. The van der Waals surface area contributed by atoms with Crippen LogP contribution in [0, 0.1) is 5.92 Å². The van der Waals surface area contributed by atoms with E-state index in [9.17, 15) is 14.7 Å². The molecule has 2 aromatic carbocycles. The summed E-state index contributed by atoms with van der Waals surface area (Å²) in [4.78, 5) is 23.1. The van der Waals surface area contributed by atoms with E-state index >= 15 is 0 Å². The third kappa shape index (κ3) is 4.23. The van der Waals surface area contributed by atoms with Crippen LogP contribution < -0.4 is 10.6 Å². The third-order valence-electron chi connectivity index (χ3n) is 6.63. The monoisotopic (exact) mass is 422 g/mol. The van der Waals surface area contributed by atoms with Crippen LogP contribution in [-0.4, -0.2) is 30.6 Å². The summed E-state index contributed by atoms with van der Waals surface area (Å²) in [5.74, 6) is 0.0820. The first-order valence-corrected chi connectivity index (χ1v) is 10.9. The fourth-order valence-corrected chi connectivity index (χ4v) is 4.84. The molecule has 0 radical (unpaired) electrons. The molecule has 0 bridgehead atoms. The summed E-state index contributed by atoms with van der Waals surface area (Å²) >= 11 is 0. The summed E-state index contributed by atoms with van der Waals surface area (Å²) in [6.45, 7) is 4.10. The van der Waals surface area contributed by atoms with Gasteiger partial charge in [0, 0.05) is 26.1 Å². The van der Waals surface area contributed by atoms with Crippen LogP contribution in [0.15, 0.2) is 42.5 Å². The maximum absolute atomic E-state index is 11.9.